The van der Waals surface area contributed by atoms with E-state index in [4.69, 9.17) is 0 Å². The molecule has 1 aliphatic rings. The third kappa shape index (κ3) is 3.83. The lowest BCUT2D eigenvalue weighted by Crippen LogP contribution is -2.48. The third-order valence-electron chi connectivity index (χ3n) is 3.56. The van der Waals surface area contributed by atoms with Crippen molar-refractivity contribution in [3.8, 4) is 6.07 Å². The van der Waals surface area contributed by atoms with E-state index in [-0.39, 0.29) is 5.54 Å². The number of hydrogen-bond acceptors (Lipinski definition) is 2. The van der Waals surface area contributed by atoms with Gasteiger partial charge in [0.15, 0.2) is 0 Å². The van der Waals surface area contributed by atoms with Gasteiger partial charge in [0.1, 0.15) is 5.54 Å². The minimum absolute atomic E-state index is 0.226. The van der Waals surface area contributed by atoms with E-state index < -0.39 is 0 Å². The highest BCUT2D eigenvalue weighted by atomic mass is 15.0. The van der Waals surface area contributed by atoms with Gasteiger partial charge < -0.3 is 0 Å². The first kappa shape index (κ1) is 12.5. The minimum atomic E-state index is -0.226. The second-order valence-corrected chi connectivity index (χ2v) is 4.92. The Balaban J connectivity index is 2.59. The molecule has 1 aliphatic carbocycles. The molecule has 0 aromatic rings. The Morgan fingerprint density at radius 1 is 1.20 bits per heavy atom. The van der Waals surface area contributed by atoms with Crippen molar-refractivity contribution >= 4 is 0 Å². The van der Waals surface area contributed by atoms with Crippen LogP contribution in [0.4, 0.5) is 0 Å². The van der Waals surface area contributed by atoms with Crippen LogP contribution in [-0.2, 0) is 0 Å². The van der Waals surface area contributed by atoms with Gasteiger partial charge in [-0.1, -0.05) is 39.0 Å². The molecule has 0 saturated heterocycles. The number of nitriles is 1. The molecule has 0 amide bonds. The van der Waals surface area contributed by atoms with Gasteiger partial charge in [0.05, 0.1) is 6.07 Å². The highest BCUT2D eigenvalue weighted by Gasteiger charge is 2.30. The lowest BCUT2D eigenvalue weighted by atomic mass is 9.84. The van der Waals surface area contributed by atoms with E-state index in [0.29, 0.717) is 6.04 Å². The summed E-state index contributed by atoms with van der Waals surface area (Å²) in [5, 5.41) is 12.9. The first-order chi connectivity index (χ1) is 7.22. The van der Waals surface area contributed by atoms with Crippen LogP contribution in [0.1, 0.15) is 65.2 Å². The van der Waals surface area contributed by atoms with Gasteiger partial charge in [0.25, 0.3) is 0 Å². The summed E-state index contributed by atoms with van der Waals surface area (Å²) in [4.78, 5) is 0. The molecule has 1 unspecified atom stereocenters. The standard InChI is InChI=1S/C13H24N2/c1-3-12(2)15-13(11-14)9-7-5-4-6-8-10-13/h12,15H,3-10H2,1-2H3. The zero-order valence-electron chi connectivity index (χ0n) is 10.2. The summed E-state index contributed by atoms with van der Waals surface area (Å²) < 4.78 is 0. The molecule has 2 heteroatoms. The molecule has 86 valence electrons. The zero-order chi connectivity index (χ0) is 11.1. The molecule has 1 fully saturated rings. The van der Waals surface area contributed by atoms with Crippen LogP contribution in [0.15, 0.2) is 0 Å². The normalized spacial score (nSPS) is 23.5. The maximum Gasteiger partial charge on any atom is 0.106 e. The van der Waals surface area contributed by atoms with Crippen molar-refractivity contribution in [1.82, 2.24) is 5.32 Å². The fourth-order valence-electron chi connectivity index (χ4n) is 2.37. The van der Waals surface area contributed by atoms with Gasteiger partial charge in [0.2, 0.25) is 0 Å². The fraction of sp³-hybridized carbons (Fsp3) is 0.923. The van der Waals surface area contributed by atoms with Crippen LogP contribution in [0.5, 0.6) is 0 Å². The van der Waals surface area contributed by atoms with Crippen LogP contribution in [-0.4, -0.2) is 11.6 Å². The first-order valence-electron chi connectivity index (χ1n) is 6.41. The molecule has 0 aromatic carbocycles. The highest BCUT2D eigenvalue weighted by Crippen LogP contribution is 2.26. The number of rotatable bonds is 3. The molecule has 15 heavy (non-hydrogen) atoms. The molecule has 1 atom stereocenters. The molecule has 0 spiro atoms. The molecule has 0 aromatic heterocycles. The van der Waals surface area contributed by atoms with Crippen LogP contribution >= 0.6 is 0 Å². The summed E-state index contributed by atoms with van der Waals surface area (Å²) in [6.45, 7) is 4.35. The van der Waals surface area contributed by atoms with Gasteiger partial charge in [-0.2, -0.15) is 5.26 Å². The Labute approximate surface area is 94.1 Å². The van der Waals surface area contributed by atoms with Crippen molar-refractivity contribution in [2.75, 3.05) is 0 Å². The Kier molecular flexibility index (Phi) is 5.11. The monoisotopic (exact) mass is 208 g/mol. The number of hydrogen-bond donors (Lipinski definition) is 1. The summed E-state index contributed by atoms with van der Waals surface area (Å²) in [5.41, 5.74) is -0.226. The van der Waals surface area contributed by atoms with E-state index in [1.165, 1.54) is 32.1 Å². The van der Waals surface area contributed by atoms with Gasteiger partial charge in [-0.3, -0.25) is 5.32 Å². The van der Waals surface area contributed by atoms with Crippen molar-refractivity contribution in [3.63, 3.8) is 0 Å². The van der Waals surface area contributed by atoms with E-state index in [2.05, 4.69) is 25.2 Å². The molecular weight excluding hydrogens is 184 g/mol. The summed E-state index contributed by atoms with van der Waals surface area (Å²) in [7, 11) is 0. The van der Waals surface area contributed by atoms with E-state index in [9.17, 15) is 5.26 Å². The molecule has 0 aliphatic heterocycles. The summed E-state index contributed by atoms with van der Waals surface area (Å²) in [5.74, 6) is 0. The van der Waals surface area contributed by atoms with E-state index in [0.717, 1.165) is 19.3 Å². The Morgan fingerprint density at radius 2 is 1.73 bits per heavy atom. The van der Waals surface area contributed by atoms with Crippen LogP contribution in [0.25, 0.3) is 0 Å². The highest BCUT2D eigenvalue weighted by molar-refractivity contribution is 5.08. The second kappa shape index (κ2) is 6.12. The predicted octanol–water partition coefficient (Wildman–Crippen LogP) is 3.38. The van der Waals surface area contributed by atoms with Gasteiger partial charge in [-0.05, 0) is 26.2 Å². The molecular formula is C13H24N2. The minimum Gasteiger partial charge on any atom is -0.297 e. The van der Waals surface area contributed by atoms with Gasteiger partial charge in [-0.25, -0.2) is 0 Å². The number of nitrogens with one attached hydrogen (secondary N) is 1. The van der Waals surface area contributed by atoms with E-state index in [1.54, 1.807) is 0 Å². The largest absolute Gasteiger partial charge is 0.297 e. The van der Waals surface area contributed by atoms with Crippen LogP contribution < -0.4 is 5.32 Å². The van der Waals surface area contributed by atoms with Crippen molar-refractivity contribution in [1.29, 1.82) is 5.26 Å². The average Bonchev–Trinajstić information content (AvgIpc) is 2.22. The van der Waals surface area contributed by atoms with Gasteiger partial charge >= 0.3 is 0 Å². The molecule has 1 rings (SSSR count). The molecule has 0 radical (unpaired) electrons. The van der Waals surface area contributed by atoms with Crippen molar-refractivity contribution in [3.05, 3.63) is 0 Å². The lowest BCUT2D eigenvalue weighted by Gasteiger charge is -2.32. The Morgan fingerprint density at radius 3 is 2.20 bits per heavy atom. The first-order valence-corrected chi connectivity index (χ1v) is 6.41. The maximum atomic E-state index is 9.39. The van der Waals surface area contributed by atoms with Crippen molar-refractivity contribution in [2.45, 2.75) is 76.8 Å². The SMILES string of the molecule is CCC(C)NC1(C#N)CCCCCCC1. The quantitative estimate of drug-likeness (QED) is 0.771. The lowest BCUT2D eigenvalue weighted by molar-refractivity contribution is 0.287. The Bertz CT molecular complexity index is 209. The van der Waals surface area contributed by atoms with Gasteiger partial charge in [0, 0.05) is 6.04 Å². The Hall–Kier alpha value is -0.550. The fourth-order valence-corrected chi connectivity index (χ4v) is 2.37. The molecule has 0 heterocycles. The molecule has 1 saturated carbocycles. The summed E-state index contributed by atoms with van der Waals surface area (Å²) in [6.07, 6.45) is 9.53. The topological polar surface area (TPSA) is 35.8 Å². The van der Waals surface area contributed by atoms with Gasteiger partial charge in [-0.15, -0.1) is 0 Å². The van der Waals surface area contributed by atoms with Crippen molar-refractivity contribution < 1.29 is 0 Å². The maximum absolute atomic E-state index is 9.39. The molecule has 1 N–H and O–H groups in total. The number of nitrogens with zero attached hydrogens (tertiary/aromatic N) is 1. The summed E-state index contributed by atoms with van der Waals surface area (Å²) >= 11 is 0. The smallest absolute Gasteiger partial charge is 0.106 e. The zero-order valence-corrected chi connectivity index (χ0v) is 10.2. The summed E-state index contributed by atoms with van der Waals surface area (Å²) in [6, 6.07) is 3.00. The van der Waals surface area contributed by atoms with Crippen LogP contribution in [0, 0.1) is 11.3 Å². The molecule has 2 nitrogen and oxygen atoms in total. The van der Waals surface area contributed by atoms with Crippen LogP contribution in [0.3, 0.4) is 0 Å². The average molecular weight is 208 g/mol. The van der Waals surface area contributed by atoms with E-state index >= 15 is 0 Å². The van der Waals surface area contributed by atoms with Crippen LogP contribution in [0.2, 0.25) is 0 Å². The van der Waals surface area contributed by atoms with Crippen molar-refractivity contribution in [2.24, 2.45) is 0 Å². The van der Waals surface area contributed by atoms with E-state index in [1.807, 2.05) is 0 Å². The second-order valence-electron chi connectivity index (χ2n) is 4.92. The molecule has 0 bridgehead atoms. The predicted molar refractivity (Wildman–Crippen MR) is 63.6 cm³/mol. The third-order valence-corrected chi connectivity index (χ3v) is 3.56.